The summed E-state index contributed by atoms with van der Waals surface area (Å²) in [6, 6.07) is 0.316. The van der Waals surface area contributed by atoms with E-state index in [9.17, 15) is 4.79 Å². The molecular formula is C13H21N3O2. The first-order valence-corrected chi connectivity index (χ1v) is 6.37. The summed E-state index contributed by atoms with van der Waals surface area (Å²) >= 11 is 0. The Bertz CT molecular complexity index is 449. The third-order valence-corrected chi connectivity index (χ3v) is 4.08. The van der Waals surface area contributed by atoms with Crippen LogP contribution in [0.15, 0.2) is 6.20 Å². The Morgan fingerprint density at radius 1 is 1.50 bits per heavy atom. The molecule has 1 fully saturated rings. The largest absolute Gasteiger partial charge is 0.481 e. The highest BCUT2D eigenvalue weighted by Crippen LogP contribution is 2.33. The number of aromatic nitrogens is 2. The van der Waals surface area contributed by atoms with Gasteiger partial charge in [-0.2, -0.15) is 5.10 Å². The molecule has 2 unspecified atom stereocenters. The van der Waals surface area contributed by atoms with Crippen molar-refractivity contribution >= 4 is 5.97 Å². The zero-order valence-electron chi connectivity index (χ0n) is 11.4. The molecule has 0 radical (unpaired) electrons. The van der Waals surface area contributed by atoms with Crippen LogP contribution in [0.3, 0.4) is 0 Å². The van der Waals surface area contributed by atoms with Crippen molar-refractivity contribution < 1.29 is 9.90 Å². The fraction of sp³-hybridized carbons (Fsp3) is 0.692. The first-order valence-electron chi connectivity index (χ1n) is 6.37. The van der Waals surface area contributed by atoms with E-state index in [0.29, 0.717) is 6.04 Å². The lowest BCUT2D eigenvalue weighted by Crippen LogP contribution is -2.51. The molecule has 0 spiro atoms. The zero-order valence-corrected chi connectivity index (χ0v) is 11.4. The molecule has 1 N–H and O–H groups in total. The minimum absolute atomic E-state index is 0.247. The second-order valence-corrected chi connectivity index (χ2v) is 5.36. The van der Waals surface area contributed by atoms with Crippen molar-refractivity contribution in [1.82, 2.24) is 14.7 Å². The van der Waals surface area contributed by atoms with Crippen LogP contribution in [-0.4, -0.2) is 38.8 Å². The Labute approximate surface area is 107 Å². The maximum Gasteiger partial charge on any atom is 0.306 e. The van der Waals surface area contributed by atoms with Crippen LogP contribution in [-0.2, 0) is 11.8 Å². The molecule has 2 atom stereocenters. The summed E-state index contributed by atoms with van der Waals surface area (Å²) in [5, 5.41) is 13.3. The van der Waals surface area contributed by atoms with Crippen molar-refractivity contribution in [3.8, 4) is 0 Å². The van der Waals surface area contributed by atoms with Crippen LogP contribution in [0.25, 0.3) is 0 Å². The normalized spacial score (nSPS) is 20.4. The van der Waals surface area contributed by atoms with Crippen LogP contribution in [0.5, 0.6) is 0 Å². The Kier molecular flexibility index (Phi) is 3.43. The van der Waals surface area contributed by atoms with Crippen molar-refractivity contribution in [2.45, 2.75) is 26.8 Å². The van der Waals surface area contributed by atoms with Crippen LogP contribution in [0, 0.1) is 18.8 Å². The monoisotopic (exact) mass is 251 g/mol. The minimum Gasteiger partial charge on any atom is -0.481 e. The molecule has 100 valence electrons. The number of carbonyl (C=O) groups is 1. The molecule has 0 aliphatic carbocycles. The van der Waals surface area contributed by atoms with Crippen LogP contribution in [0.2, 0.25) is 0 Å². The predicted molar refractivity (Wildman–Crippen MR) is 68.2 cm³/mol. The van der Waals surface area contributed by atoms with Crippen LogP contribution < -0.4 is 0 Å². The molecule has 1 saturated heterocycles. The van der Waals surface area contributed by atoms with E-state index < -0.39 is 5.97 Å². The van der Waals surface area contributed by atoms with Gasteiger partial charge in [0.2, 0.25) is 0 Å². The van der Waals surface area contributed by atoms with Gasteiger partial charge in [-0.3, -0.25) is 14.4 Å². The highest BCUT2D eigenvalue weighted by atomic mass is 16.4. The number of hydrogen-bond donors (Lipinski definition) is 1. The van der Waals surface area contributed by atoms with Crippen molar-refractivity contribution in [2.75, 3.05) is 13.1 Å². The van der Waals surface area contributed by atoms with Gasteiger partial charge in [-0.15, -0.1) is 0 Å². The van der Waals surface area contributed by atoms with Gasteiger partial charge in [-0.25, -0.2) is 0 Å². The molecule has 1 aromatic rings. The maximum atomic E-state index is 10.9. The fourth-order valence-corrected chi connectivity index (χ4v) is 2.61. The first-order chi connectivity index (χ1) is 8.40. The number of likely N-dealkylation sites (tertiary alicyclic amines) is 1. The molecule has 5 heteroatoms. The van der Waals surface area contributed by atoms with E-state index in [0.717, 1.165) is 18.8 Å². The third-order valence-electron chi connectivity index (χ3n) is 4.08. The van der Waals surface area contributed by atoms with Crippen molar-refractivity contribution in [1.29, 1.82) is 0 Å². The van der Waals surface area contributed by atoms with E-state index in [4.69, 9.17) is 5.11 Å². The lowest BCUT2D eigenvalue weighted by Gasteiger charge is -2.44. The number of rotatable bonds is 4. The quantitative estimate of drug-likeness (QED) is 0.879. The Morgan fingerprint density at radius 3 is 2.56 bits per heavy atom. The summed E-state index contributed by atoms with van der Waals surface area (Å²) in [4.78, 5) is 13.2. The van der Waals surface area contributed by atoms with Gasteiger partial charge in [0.15, 0.2) is 0 Å². The lowest BCUT2D eigenvalue weighted by molar-refractivity contribution is -0.146. The van der Waals surface area contributed by atoms with E-state index in [1.165, 1.54) is 5.56 Å². The molecule has 18 heavy (non-hydrogen) atoms. The number of aryl methyl sites for hydroxylation is 2. The van der Waals surface area contributed by atoms with Gasteiger partial charge in [0.1, 0.15) is 0 Å². The molecular weight excluding hydrogens is 230 g/mol. The topological polar surface area (TPSA) is 58.4 Å². The van der Waals surface area contributed by atoms with Crippen LogP contribution in [0.4, 0.5) is 0 Å². The smallest absolute Gasteiger partial charge is 0.306 e. The fourth-order valence-electron chi connectivity index (χ4n) is 2.61. The van der Waals surface area contributed by atoms with E-state index in [1.807, 2.05) is 24.9 Å². The maximum absolute atomic E-state index is 10.9. The second-order valence-electron chi connectivity index (χ2n) is 5.36. The molecule has 0 aromatic carbocycles. The number of nitrogens with zero attached hydrogens (tertiary/aromatic N) is 3. The summed E-state index contributed by atoms with van der Waals surface area (Å²) in [6.45, 7) is 7.70. The van der Waals surface area contributed by atoms with E-state index in [1.54, 1.807) is 6.92 Å². The molecule has 0 amide bonds. The Hall–Kier alpha value is -1.36. The average Bonchev–Trinajstić information content (AvgIpc) is 2.55. The molecule has 0 bridgehead atoms. The van der Waals surface area contributed by atoms with Crippen LogP contribution >= 0.6 is 0 Å². The van der Waals surface area contributed by atoms with Gasteiger partial charge in [-0.1, -0.05) is 6.92 Å². The van der Waals surface area contributed by atoms with E-state index in [-0.39, 0.29) is 11.8 Å². The summed E-state index contributed by atoms with van der Waals surface area (Å²) in [5.74, 6) is -0.657. The van der Waals surface area contributed by atoms with Crippen LogP contribution in [0.1, 0.15) is 31.1 Å². The number of carboxylic acids is 1. The van der Waals surface area contributed by atoms with Crippen molar-refractivity contribution in [3.63, 3.8) is 0 Å². The van der Waals surface area contributed by atoms with Gasteiger partial charge in [0.25, 0.3) is 0 Å². The average molecular weight is 251 g/mol. The Balaban J connectivity index is 1.96. The predicted octanol–water partition coefficient (Wildman–Crippen LogP) is 1.44. The van der Waals surface area contributed by atoms with Gasteiger partial charge in [0.05, 0.1) is 11.6 Å². The summed E-state index contributed by atoms with van der Waals surface area (Å²) in [6.07, 6.45) is 2.05. The number of carboxylic acid groups (broad SMARTS) is 1. The van der Waals surface area contributed by atoms with Crippen molar-refractivity contribution in [3.05, 3.63) is 17.5 Å². The highest BCUT2D eigenvalue weighted by molar-refractivity contribution is 5.70. The SMILES string of the molecule is Cc1nn(C)cc1C(C)N1CC(C(C)C(=O)O)C1. The zero-order chi connectivity index (χ0) is 13.4. The van der Waals surface area contributed by atoms with Gasteiger partial charge in [-0.05, 0) is 19.8 Å². The van der Waals surface area contributed by atoms with Gasteiger partial charge < -0.3 is 5.11 Å². The van der Waals surface area contributed by atoms with E-state index >= 15 is 0 Å². The summed E-state index contributed by atoms with van der Waals surface area (Å²) < 4.78 is 1.83. The Morgan fingerprint density at radius 2 is 2.11 bits per heavy atom. The molecule has 1 aliphatic heterocycles. The molecule has 0 saturated carbocycles. The second kappa shape index (κ2) is 4.72. The molecule has 1 aliphatic rings. The molecule has 5 nitrogen and oxygen atoms in total. The van der Waals surface area contributed by atoms with Crippen molar-refractivity contribution in [2.24, 2.45) is 18.9 Å². The summed E-state index contributed by atoms with van der Waals surface area (Å²) in [5.41, 5.74) is 2.29. The van der Waals surface area contributed by atoms with Gasteiger partial charge in [0, 0.05) is 37.9 Å². The minimum atomic E-state index is -0.690. The molecule has 2 heterocycles. The standard InChI is InChI=1S/C13H21N3O2/c1-8(13(17)18)11-5-16(6-11)10(3)12-7-15(4)14-9(12)2/h7-8,10-11H,5-6H2,1-4H3,(H,17,18). The number of hydrogen-bond acceptors (Lipinski definition) is 3. The third kappa shape index (κ3) is 2.27. The van der Waals surface area contributed by atoms with E-state index in [2.05, 4.69) is 16.9 Å². The first kappa shape index (κ1) is 13.1. The molecule has 1 aromatic heterocycles. The number of aliphatic carboxylic acids is 1. The molecule has 2 rings (SSSR count). The lowest BCUT2D eigenvalue weighted by atomic mass is 9.85. The highest BCUT2D eigenvalue weighted by Gasteiger charge is 2.37. The summed E-state index contributed by atoms with van der Waals surface area (Å²) in [7, 11) is 1.93. The van der Waals surface area contributed by atoms with Gasteiger partial charge >= 0.3 is 5.97 Å².